The average molecular weight is 398 g/mol. The summed E-state index contributed by atoms with van der Waals surface area (Å²) in [5.74, 6) is 0. The first kappa shape index (κ1) is 19.2. The van der Waals surface area contributed by atoms with Crippen LogP contribution in [0, 0.1) is 13.8 Å². The van der Waals surface area contributed by atoms with E-state index in [-0.39, 0.29) is 10.9 Å². The fraction of sp³-hybridized carbons (Fsp3) is 0.364. The van der Waals surface area contributed by atoms with Gasteiger partial charge < -0.3 is 4.98 Å². The van der Waals surface area contributed by atoms with Crippen LogP contribution in [0.2, 0.25) is 0 Å². The summed E-state index contributed by atoms with van der Waals surface area (Å²) in [5, 5.41) is 6.54. The molecule has 1 aliphatic rings. The number of aryl methyl sites for hydroxylation is 2. The van der Waals surface area contributed by atoms with Crippen LogP contribution < -0.4 is 5.14 Å². The molecule has 1 unspecified atom stereocenters. The van der Waals surface area contributed by atoms with E-state index in [0.29, 0.717) is 0 Å². The number of primary sulfonamides is 1. The van der Waals surface area contributed by atoms with Gasteiger partial charge in [-0.1, -0.05) is 24.6 Å². The molecular weight excluding hydrogens is 370 g/mol. The molecule has 0 spiro atoms. The van der Waals surface area contributed by atoms with Crippen molar-refractivity contribution in [1.29, 1.82) is 0 Å². The molecule has 148 valence electrons. The molecule has 2 aromatic carbocycles. The third-order valence-corrected chi connectivity index (χ3v) is 6.87. The Hall–Kier alpha value is -2.15. The van der Waals surface area contributed by atoms with E-state index in [0.717, 1.165) is 25.1 Å². The predicted octanol–water partition coefficient (Wildman–Crippen LogP) is 4.16. The van der Waals surface area contributed by atoms with Crippen LogP contribution in [0.3, 0.4) is 0 Å². The third-order valence-electron chi connectivity index (χ3n) is 5.94. The number of aromatic nitrogens is 1. The lowest BCUT2D eigenvalue weighted by Gasteiger charge is -2.36. The average Bonchev–Trinajstić information content (AvgIpc) is 3.15. The summed E-state index contributed by atoms with van der Waals surface area (Å²) >= 11 is 0. The molecule has 0 bridgehead atoms. The van der Waals surface area contributed by atoms with Gasteiger partial charge in [0.25, 0.3) is 0 Å². The molecule has 0 aliphatic carbocycles. The molecule has 4 rings (SSSR count). The first-order valence-electron chi connectivity index (χ1n) is 9.77. The first-order valence-corrected chi connectivity index (χ1v) is 11.3. The summed E-state index contributed by atoms with van der Waals surface area (Å²) in [5.41, 5.74) is 6.33. The fourth-order valence-electron chi connectivity index (χ4n) is 4.49. The molecule has 1 aliphatic heterocycles. The summed E-state index contributed by atoms with van der Waals surface area (Å²) in [7, 11) is -3.66. The highest BCUT2D eigenvalue weighted by molar-refractivity contribution is 7.89. The number of fused-ring (bicyclic) bond motifs is 1. The predicted molar refractivity (Wildman–Crippen MR) is 113 cm³/mol. The minimum Gasteiger partial charge on any atom is -0.361 e. The lowest BCUT2D eigenvalue weighted by atomic mass is 9.93. The molecule has 0 radical (unpaired) electrons. The van der Waals surface area contributed by atoms with Crippen molar-refractivity contribution in [1.82, 2.24) is 9.88 Å². The Balaban J connectivity index is 1.66. The number of likely N-dealkylation sites (tertiary alicyclic amines) is 1. The van der Waals surface area contributed by atoms with Crippen molar-refractivity contribution in [2.45, 2.75) is 50.6 Å². The highest BCUT2D eigenvalue weighted by Crippen LogP contribution is 2.35. The van der Waals surface area contributed by atoms with Crippen LogP contribution in [0.5, 0.6) is 0 Å². The zero-order chi connectivity index (χ0) is 19.9. The Bertz CT molecular complexity index is 1100. The minimum atomic E-state index is -3.66. The molecular formula is C22H27N3O2S. The molecule has 0 amide bonds. The normalized spacial score (nSPS) is 18.6. The van der Waals surface area contributed by atoms with Crippen LogP contribution in [0.15, 0.2) is 47.5 Å². The molecule has 1 aromatic heterocycles. The van der Waals surface area contributed by atoms with Crippen molar-refractivity contribution in [2.75, 3.05) is 6.54 Å². The fourth-order valence-corrected chi connectivity index (χ4v) is 5.01. The third kappa shape index (κ3) is 3.60. The van der Waals surface area contributed by atoms with Crippen LogP contribution in [0.25, 0.3) is 10.9 Å². The van der Waals surface area contributed by atoms with E-state index in [9.17, 15) is 8.42 Å². The molecule has 2 heterocycles. The SMILES string of the molecule is Cc1cc(C)c2[nH]ccc2c1CN1CCCCC1c1ccc(S(N)(=O)=O)cc1. The van der Waals surface area contributed by atoms with E-state index in [1.54, 1.807) is 12.1 Å². The van der Waals surface area contributed by atoms with Crippen LogP contribution >= 0.6 is 0 Å². The lowest BCUT2D eigenvalue weighted by molar-refractivity contribution is 0.140. The van der Waals surface area contributed by atoms with Gasteiger partial charge in [-0.3, -0.25) is 4.90 Å². The molecule has 1 fully saturated rings. The molecule has 5 nitrogen and oxygen atoms in total. The van der Waals surface area contributed by atoms with Crippen molar-refractivity contribution >= 4 is 20.9 Å². The topological polar surface area (TPSA) is 79.2 Å². The number of nitrogens with one attached hydrogen (secondary N) is 1. The number of aromatic amines is 1. The quantitative estimate of drug-likeness (QED) is 0.694. The zero-order valence-electron chi connectivity index (χ0n) is 16.4. The Morgan fingerprint density at radius 1 is 1.11 bits per heavy atom. The number of sulfonamides is 1. The maximum absolute atomic E-state index is 11.6. The maximum Gasteiger partial charge on any atom is 0.238 e. The second kappa shape index (κ2) is 7.35. The Kier molecular flexibility index (Phi) is 5.04. The second-order valence-corrected chi connectivity index (χ2v) is 9.41. The molecule has 3 N–H and O–H groups in total. The molecule has 1 saturated heterocycles. The smallest absolute Gasteiger partial charge is 0.238 e. The Morgan fingerprint density at radius 3 is 2.57 bits per heavy atom. The molecule has 6 heteroatoms. The summed E-state index contributed by atoms with van der Waals surface area (Å²) in [6.45, 7) is 6.27. The number of hydrogen-bond acceptors (Lipinski definition) is 3. The van der Waals surface area contributed by atoms with Crippen LogP contribution in [-0.2, 0) is 16.6 Å². The summed E-state index contributed by atoms with van der Waals surface area (Å²) in [4.78, 5) is 6.06. The van der Waals surface area contributed by atoms with Gasteiger partial charge in [0.1, 0.15) is 0 Å². The summed E-state index contributed by atoms with van der Waals surface area (Å²) in [6.07, 6.45) is 5.47. The van der Waals surface area contributed by atoms with Gasteiger partial charge in [-0.25, -0.2) is 13.6 Å². The number of nitrogens with two attached hydrogens (primary N) is 1. The highest BCUT2D eigenvalue weighted by Gasteiger charge is 2.25. The van der Waals surface area contributed by atoms with Crippen LogP contribution in [0.4, 0.5) is 0 Å². The summed E-state index contributed by atoms with van der Waals surface area (Å²) < 4.78 is 23.1. The van der Waals surface area contributed by atoms with Gasteiger partial charge in [-0.05, 0) is 73.7 Å². The number of H-pyrrole nitrogens is 1. The van der Waals surface area contributed by atoms with Crippen molar-refractivity contribution in [3.8, 4) is 0 Å². The Labute approximate surface area is 166 Å². The lowest BCUT2D eigenvalue weighted by Crippen LogP contribution is -2.33. The van der Waals surface area contributed by atoms with Crippen molar-refractivity contribution in [2.24, 2.45) is 5.14 Å². The van der Waals surface area contributed by atoms with Gasteiger partial charge >= 0.3 is 0 Å². The first-order chi connectivity index (χ1) is 13.3. The van der Waals surface area contributed by atoms with Crippen LogP contribution in [-0.4, -0.2) is 24.8 Å². The molecule has 28 heavy (non-hydrogen) atoms. The number of benzene rings is 2. The number of piperidine rings is 1. The Morgan fingerprint density at radius 2 is 1.86 bits per heavy atom. The largest absolute Gasteiger partial charge is 0.361 e. The highest BCUT2D eigenvalue weighted by atomic mass is 32.2. The van der Waals surface area contributed by atoms with Gasteiger partial charge in [0.05, 0.1) is 4.90 Å². The zero-order valence-corrected chi connectivity index (χ0v) is 17.2. The monoisotopic (exact) mass is 397 g/mol. The van der Waals surface area contributed by atoms with Crippen molar-refractivity contribution in [3.63, 3.8) is 0 Å². The van der Waals surface area contributed by atoms with E-state index < -0.39 is 10.0 Å². The van der Waals surface area contributed by atoms with Crippen LogP contribution in [0.1, 0.15) is 47.6 Å². The maximum atomic E-state index is 11.6. The number of rotatable bonds is 4. The van der Waals surface area contributed by atoms with E-state index in [4.69, 9.17) is 5.14 Å². The molecule has 3 aromatic rings. The van der Waals surface area contributed by atoms with E-state index in [1.807, 2.05) is 18.3 Å². The van der Waals surface area contributed by atoms with Gasteiger partial charge in [0, 0.05) is 29.7 Å². The van der Waals surface area contributed by atoms with Crippen molar-refractivity contribution < 1.29 is 8.42 Å². The van der Waals surface area contributed by atoms with Gasteiger partial charge in [-0.2, -0.15) is 0 Å². The van der Waals surface area contributed by atoms with Gasteiger partial charge in [-0.15, -0.1) is 0 Å². The molecule has 0 saturated carbocycles. The minimum absolute atomic E-state index is 0.169. The van der Waals surface area contributed by atoms with E-state index in [1.165, 1.54) is 40.4 Å². The van der Waals surface area contributed by atoms with E-state index >= 15 is 0 Å². The van der Waals surface area contributed by atoms with Gasteiger partial charge in [0.2, 0.25) is 10.0 Å². The number of nitrogens with zero attached hydrogens (tertiary/aromatic N) is 1. The second-order valence-electron chi connectivity index (χ2n) is 7.85. The standard InChI is InChI=1S/C22H27N3O2S/c1-15-13-16(2)22-19(10-11-24-22)20(15)14-25-12-4-3-5-21(25)17-6-8-18(9-7-17)28(23,26)27/h6-11,13,21,24H,3-5,12,14H2,1-2H3,(H2,23,26,27). The van der Waals surface area contributed by atoms with Gasteiger partial charge in [0.15, 0.2) is 0 Å². The molecule has 1 atom stereocenters. The van der Waals surface area contributed by atoms with Crippen molar-refractivity contribution in [3.05, 3.63) is 64.8 Å². The number of hydrogen-bond donors (Lipinski definition) is 2. The summed E-state index contributed by atoms with van der Waals surface area (Å²) in [6, 6.07) is 11.8. The van der Waals surface area contributed by atoms with E-state index in [2.05, 4.69) is 35.9 Å².